The molecule has 6 nitrogen and oxygen atoms in total. The SMILES string of the molecule is CCC(CC)(CC)NC(=O)c1cn(C2CCNCC2)nn1.Cl. The maximum absolute atomic E-state index is 12.4. The molecule has 0 spiro atoms. The molecule has 0 atom stereocenters. The van der Waals surface area contributed by atoms with Gasteiger partial charge in [0, 0.05) is 5.54 Å². The van der Waals surface area contributed by atoms with Gasteiger partial charge in [-0.05, 0) is 45.2 Å². The lowest BCUT2D eigenvalue weighted by molar-refractivity contribution is 0.0883. The quantitative estimate of drug-likeness (QED) is 0.840. The Labute approximate surface area is 138 Å². The zero-order valence-corrected chi connectivity index (χ0v) is 14.6. The van der Waals surface area contributed by atoms with Gasteiger partial charge in [0.25, 0.3) is 5.91 Å². The number of amides is 1. The largest absolute Gasteiger partial charge is 0.345 e. The summed E-state index contributed by atoms with van der Waals surface area (Å²) in [5.74, 6) is -0.110. The summed E-state index contributed by atoms with van der Waals surface area (Å²) in [6, 6.07) is 0.355. The summed E-state index contributed by atoms with van der Waals surface area (Å²) in [5.41, 5.74) is 0.295. The van der Waals surface area contributed by atoms with Gasteiger partial charge in [-0.1, -0.05) is 26.0 Å². The molecule has 2 N–H and O–H groups in total. The van der Waals surface area contributed by atoms with Gasteiger partial charge in [0.2, 0.25) is 0 Å². The van der Waals surface area contributed by atoms with Crippen LogP contribution in [0.15, 0.2) is 6.20 Å². The van der Waals surface area contributed by atoms with E-state index < -0.39 is 0 Å². The second kappa shape index (κ2) is 8.48. The van der Waals surface area contributed by atoms with Crippen LogP contribution in [-0.2, 0) is 0 Å². The Balaban J connectivity index is 0.00000242. The van der Waals surface area contributed by atoms with Crippen molar-refractivity contribution in [2.45, 2.75) is 64.5 Å². The molecule has 1 aliphatic rings. The monoisotopic (exact) mass is 329 g/mol. The van der Waals surface area contributed by atoms with Gasteiger partial charge in [0.05, 0.1) is 12.2 Å². The third kappa shape index (κ3) is 4.20. The molecule has 22 heavy (non-hydrogen) atoms. The highest BCUT2D eigenvalue weighted by Gasteiger charge is 2.28. The third-order valence-electron chi connectivity index (χ3n) is 4.83. The molecule has 2 heterocycles. The predicted octanol–water partition coefficient (Wildman–Crippen LogP) is 2.32. The van der Waals surface area contributed by atoms with E-state index in [-0.39, 0.29) is 23.9 Å². The smallest absolute Gasteiger partial charge is 0.273 e. The molecule has 126 valence electrons. The molecule has 1 aromatic heterocycles. The van der Waals surface area contributed by atoms with Gasteiger partial charge in [-0.15, -0.1) is 17.5 Å². The molecule has 1 aromatic rings. The van der Waals surface area contributed by atoms with E-state index in [1.807, 2.05) is 4.68 Å². The number of nitrogens with one attached hydrogen (secondary N) is 2. The van der Waals surface area contributed by atoms with E-state index in [9.17, 15) is 4.79 Å². The molecule has 0 radical (unpaired) electrons. The minimum Gasteiger partial charge on any atom is -0.345 e. The van der Waals surface area contributed by atoms with E-state index in [1.54, 1.807) is 6.20 Å². The number of rotatable bonds is 6. The van der Waals surface area contributed by atoms with E-state index in [0.29, 0.717) is 11.7 Å². The zero-order valence-electron chi connectivity index (χ0n) is 13.8. The molecule has 0 saturated carbocycles. The van der Waals surface area contributed by atoms with Crippen molar-refractivity contribution in [3.63, 3.8) is 0 Å². The molecule has 0 bridgehead atoms. The first-order valence-corrected chi connectivity index (χ1v) is 8.09. The fraction of sp³-hybridized carbons (Fsp3) is 0.800. The van der Waals surface area contributed by atoms with Crippen LogP contribution in [-0.4, -0.2) is 39.5 Å². The first-order valence-electron chi connectivity index (χ1n) is 8.09. The summed E-state index contributed by atoms with van der Waals surface area (Å²) in [6.45, 7) is 8.32. The summed E-state index contributed by atoms with van der Waals surface area (Å²) in [6.07, 6.45) is 6.63. The second-order valence-electron chi connectivity index (χ2n) is 5.86. The number of carbonyl (C=O) groups is 1. The second-order valence-corrected chi connectivity index (χ2v) is 5.86. The number of aromatic nitrogens is 3. The number of carbonyl (C=O) groups excluding carboxylic acids is 1. The number of hydrogen-bond donors (Lipinski definition) is 2. The van der Waals surface area contributed by atoms with Crippen molar-refractivity contribution in [3.05, 3.63) is 11.9 Å². The van der Waals surface area contributed by atoms with Gasteiger partial charge in [0.15, 0.2) is 5.69 Å². The van der Waals surface area contributed by atoms with Crippen LogP contribution in [0, 0.1) is 0 Å². The molecular weight excluding hydrogens is 302 g/mol. The maximum Gasteiger partial charge on any atom is 0.273 e. The first kappa shape index (κ1) is 18.9. The van der Waals surface area contributed by atoms with Crippen LogP contribution < -0.4 is 10.6 Å². The summed E-state index contributed by atoms with van der Waals surface area (Å²) >= 11 is 0. The lowest BCUT2D eigenvalue weighted by Gasteiger charge is -2.31. The standard InChI is InChI=1S/C15H27N5O.ClH/c1-4-15(5-2,6-3)17-14(21)13-11-20(19-18-13)12-7-9-16-10-8-12;/h11-12,16H,4-10H2,1-3H3,(H,17,21);1H. The van der Waals surface area contributed by atoms with E-state index in [4.69, 9.17) is 0 Å². The van der Waals surface area contributed by atoms with Gasteiger partial charge in [-0.2, -0.15) is 0 Å². The molecule has 0 unspecified atom stereocenters. The third-order valence-corrected chi connectivity index (χ3v) is 4.83. The number of nitrogens with zero attached hydrogens (tertiary/aromatic N) is 3. The Morgan fingerprint density at radius 3 is 2.45 bits per heavy atom. The van der Waals surface area contributed by atoms with Crippen molar-refractivity contribution < 1.29 is 4.79 Å². The summed E-state index contributed by atoms with van der Waals surface area (Å²) in [4.78, 5) is 12.4. The van der Waals surface area contributed by atoms with Gasteiger partial charge in [-0.25, -0.2) is 4.68 Å². The summed E-state index contributed by atoms with van der Waals surface area (Å²) in [7, 11) is 0. The molecule has 1 fully saturated rings. The average molecular weight is 330 g/mol. The maximum atomic E-state index is 12.4. The van der Waals surface area contributed by atoms with Crippen LogP contribution >= 0.6 is 12.4 Å². The van der Waals surface area contributed by atoms with Crippen molar-refractivity contribution in [2.24, 2.45) is 0 Å². The van der Waals surface area contributed by atoms with Crippen molar-refractivity contribution >= 4 is 18.3 Å². The highest BCUT2D eigenvalue weighted by molar-refractivity contribution is 5.92. The van der Waals surface area contributed by atoms with Crippen molar-refractivity contribution in [1.29, 1.82) is 0 Å². The van der Waals surface area contributed by atoms with Gasteiger partial charge in [0.1, 0.15) is 0 Å². The Hall–Kier alpha value is -1.14. The highest BCUT2D eigenvalue weighted by Crippen LogP contribution is 2.20. The lowest BCUT2D eigenvalue weighted by Crippen LogP contribution is -2.47. The molecule has 1 amide bonds. The number of piperidine rings is 1. The first-order chi connectivity index (χ1) is 10.1. The zero-order chi connectivity index (χ0) is 15.3. The Kier molecular flexibility index (Phi) is 7.29. The molecule has 0 aliphatic carbocycles. The topological polar surface area (TPSA) is 71.8 Å². The molecule has 1 saturated heterocycles. The van der Waals surface area contributed by atoms with Crippen LogP contribution in [0.1, 0.15) is 69.4 Å². The van der Waals surface area contributed by atoms with Crippen molar-refractivity contribution in [3.8, 4) is 0 Å². The number of halogens is 1. The Morgan fingerprint density at radius 1 is 1.32 bits per heavy atom. The van der Waals surface area contributed by atoms with Crippen molar-refractivity contribution in [1.82, 2.24) is 25.6 Å². The Morgan fingerprint density at radius 2 is 1.91 bits per heavy atom. The van der Waals surface area contributed by atoms with Gasteiger partial charge >= 0.3 is 0 Å². The summed E-state index contributed by atoms with van der Waals surface area (Å²) in [5, 5.41) is 14.7. The molecule has 7 heteroatoms. The summed E-state index contributed by atoms with van der Waals surface area (Å²) < 4.78 is 1.85. The molecule has 2 rings (SSSR count). The van der Waals surface area contributed by atoms with Gasteiger partial charge in [-0.3, -0.25) is 4.79 Å². The number of hydrogen-bond acceptors (Lipinski definition) is 4. The van der Waals surface area contributed by atoms with Crippen LogP contribution in [0.4, 0.5) is 0 Å². The normalized spacial score (nSPS) is 16.1. The molecule has 1 aliphatic heterocycles. The highest BCUT2D eigenvalue weighted by atomic mass is 35.5. The van der Waals surface area contributed by atoms with Crippen molar-refractivity contribution in [2.75, 3.05) is 13.1 Å². The molecular formula is C15H28ClN5O. The van der Waals surface area contributed by atoms with Gasteiger partial charge < -0.3 is 10.6 Å². The van der Waals surface area contributed by atoms with Crippen LogP contribution in [0.5, 0.6) is 0 Å². The van der Waals surface area contributed by atoms with E-state index in [1.165, 1.54) is 0 Å². The fourth-order valence-corrected chi connectivity index (χ4v) is 2.95. The average Bonchev–Trinajstić information content (AvgIpc) is 3.04. The minimum absolute atomic E-state index is 0. The van der Waals surface area contributed by atoms with E-state index >= 15 is 0 Å². The lowest BCUT2D eigenvalue weighted by atomic mass is 9.89. The Bertz CT molecular complexity index is 458. The van der Waals surface area contributed by atoms with E-state index in [2.05, 4.69) is 41.7 Å². The predicted molar refractivity (Wildman–Crippen MR) is 89.5 cm³/mol. The van der Waals surface area contributed by atoms with E-state index in [0.717, 1.165) is 45.2 Å². The van der Waals surface area contributed by atoms with Crippen LogP contribution in [0.2, 0.25) is 0 Å². The fourth-order valence-electron chi connectivity index (χ4n) is 2.95. The minimum atomic E-state index is -0.129. The van der Waals surface area contributed by atoms with Crippen LogP contribution in [0.3, 0.4) is 0 Å². The van der Waals surface area contributed by atoms with Crippen LogP contribution in [0.25, 0.3) is 0 Å². The molecule has 0 aromatic carbocycles.